The summed E-state index contributed by atoms with van der Waals surface area (Å²) in [6.07, 6.45) is 11.4. The molecule has 2 nitrogen and oxygen atoms in total. The van der Waals surface area contributed by atoms with Gasteiger partial charge in [0.1, 0.15) is 0 Å². The number of nitrogens with zero attached hydrogens (tertiary/aromatic N) is 1. The van der Waals surface area contributed by atoms with Gasteiger partial charge in [-0.1, -0.05) is 39.0 Å². The van der Waals surface area contributed by atoms with Crippen LogP contribution < -0.4 is 5.32 Å². The molecule has 0 aromatic rings. The minimum Gasteiger partial charge on any atom is -0.311 e. The molecule has 1 saturated carbocycles. The van der Waals surface area contributed by atoms with Crippen molar-refractivity contribution in [3.05, 3.63) is 0 Å². The Bertz CT molecular complexity index is 223. The van der Waals surface area contributed by atoms with Gasteiger partial charge in [-0.2, -0.15) is 0 Å². The van der Waals surface area contributed by atoms with E-state index in [9.17, 15) is 0 Å². The topological polar surface area (TPSA) is 15.3 Å². The normalized spacial score (nSPS) is 29.3. The molecule has 1 aliphatic carbocycles. The molecule has 2 heteroatoms. The number of unbranched alkanes of at least 4 members (excludes halogenated alkanes) is 1. The van der Waals surface area contributed by atoms with Crippen LogP contribution in [0.1, 0.15) is 65.2 Å². The Morgan fingerprint density at radius 2 is 2.00 bits per heavy atom. The number of hydrogen-bond acceptors (Lipinski definition) is 2. The molecule has 1 aliphatic heterocycles. The van der Waals surface area contributed by atoms with Gasteiger partial charge < -0.3 is 5.32 Å². The molecule has 1 N–H and O–H groups in total. The Morgan fingerprint density at radius 3 is 2.72 bits per heavy atom. The highest BCUT2D eigenvalue weighted by Crippen LogP contribution is 2.28. The highest BCUT2D eigenvalue weighted by Gasteiger charge is 2.29. The molecular formula is C16H32N2. The lowest BCUT2D eigenvalue weighted by Gasteiger charge is -2.41. The van der Waals surface area contributed by atoms with Gasteiger partial charge in [-0.25, -0.2) is 0 Å². The van der Waals surface area contributed by atoms with E-state index in [0.29, 0.717) is 0 Å². The van der Waals surface area contributed by atoms with Crippen molar-refractivity contribution in [3.63, 3.8) is 0 Å². The van der Waals surface area contributed by atoms with Crippen LogP contribution in [0.3, 0.4) is 0 Å². The largest absolute Gasteiger partial charge is 0.311 e. The average molecular weight is 252 g/mol. The smallest absolute Gasteiger partial charge is 0.0223 e. The van der Waals surface area contributed by atoms with Crippen LogP contribution >= 0.6 is 0 Å². The average Bonchev–Trinajstić information content (AvgIpc) is 2.46. The maximum atomic E-state index is 3.79. The molecule has 0 amide bonds. The summed E-state index contributed by atoms with van der Waals surface area (Å²) < 4.78 is 0. The van der Waals surface area contributed by atoms with Crippen LogP contribution in [0.25, 0.3) is 0 Å². The van der Waals surface area contributed by atoms with Gasteiger partial charge >= 0.3 is 0 Å². The molecule has 0 aromatic heterocycles. The van der Waals surface area contributed by atoms with Crippen LogP contribution in [0.15, 0.2) is 0 Å². The van der Waals surface area contributed by atoms with Crippen molar-refractivity contribution in [1.82, 2.24) is 10.2 Å². The second-order valence-corrected chi connectivity index (χ2v) is 6.44. The van der Waals surface area contributed by atoms with Crippen LogP contribution in [0.4, 0.5) is 0 Å². The number of rotatable bonds is 5. The molecule has 2 aliphatic rings. The van der Waals surface area contributed by atoms with Crippen molar-refractivity contribution >= 4 is 0 Å². The Balaban J connectivity index is 1.79. The lowest BCUT2D eigenvalue weighted by molar-refractivity contribution is 0.110. The molecule has 0 aromatic carbocycles. The van der Waals surface area contributed by atoms with Crippen molar-refractivity contribution < 1.29 is 0 Å². The molecule has 2 atom stereocenters. The van der Waals surface area contributed by atoms with E-state index in [1.54, 1.807) is 0 Å². The molecule has 0 spiro atoms. The minimum atomic E-state index is 0.781. The summed E-state index contributed by atoms with van der Waals surface area (Å²) in [6.45, 7) is 8.50. The molecule has 2 unspecified atom stereocenters. The van der Waals surface area contributed by atoms with E-state index in [2.05, 4.69) is 24.1 Å². The highest BCUT2D eigenvalue weighted by molar-refractivity contribution is 4.87. The van der Waals surface area contributed by atoms with E-state index in [1.165, 1.54) is 71.0 Å². The van der Waals surface area contributed by atoms with Crippen molar-refractivity contribution in [2.45, 2.75) is 77.3 Å². The maximum Gasteiger partial charge on any atom is 0.0223 e. The quantitative estimate of drug-likeness (QED) is 0.806. The van der Waals surface area contributed by atoms with Gasteiger partial charge in [-0.05, 0) is 32.1 Å². The van der Waals surface area contributed by atoms with E-state index in [4.69, 9.17) is 0 Å². The number of hydrogen-bond donors (Lipinski definition) is 1. The lowest BCUT2D eigenvalue weighted by atomic mass is 9.83. The van der Waals surface area contributed by atoms with Crippen molar-refractivity contribution in [1.29, 1.82) is 0 Å². The van der Waals surface area contributed by atoms with Gasteiger partial charge in [-0.3, -0.25) is 4.90 Å². The highest BCUT2D eigenvalue weighted by atomic mass is 15.2. The summed E-state index contributed by atoms with van der Waals surface area (Å²) in [5, 5.41) is 3.79. The third-order valence-electron chi connectivity index (χ3n) is 5.05. The lowest BCUT2D eigenvalue weighted by Crippen LogP contribution is -2.56. The second kappa shape index (κ2) is 7.49. The first-order valence-electron chi connectivity index (χ1n) is 8.28. The monoisotopic (exact) mass is 252 g/mol. The van der Waals surface area contributed by atoms with E-state index < -0.39 is 0 Å². The fourth-order valence-corrected chi connectivity index (χ4v) is 3.74. The summed E-state index contributed by atoms with van der Waals surface area (Å²) in [7, 11) is 0. The van der Waals surface area contributed by atoms with Crippen molar-refractivity contribution in [3.8, 4) is 0 Å². The Morgan fingerprint density at radius 1 is 1.22 bits per heavy atom. The molecule has 2 rings (SSSR count). The zero-order chi connectivity index (χ0) is 12.8. The fourth-order valence-electron chi connectivity index (χ4n) is 3.74. The zero-order valence-electron chi connectivity index (χ0n) is 12.5. The third kappa shape index (κ3) is 3.96. The predicted octanol–water partition coefficient (Wildman–Crippen LogP) is 3.42. The molecule has 1 saturated heterocycles. The van der Waals surface area contributed by atoms with Gasteiger partial charge in [0, 0.05) is 31.7 Å². The predicted molar refractivity (Wildman–Crippen MR) is 78.9 cm³/mol. The van der Waals surface area contributed by atoms with E-state index >= 15 is 0 Å². The van der Waals surface area contributed by atoms with Gasteiger partial charge in [0.15, 0.2) is 0 Å². The summed E-state index contributed by atoms with van der Waals surface area (Å²) in [5.74, 6) is 0.958. The molecular weight excluding hydrogens is 220 g/mol. The first-order valence-corrected chi connectivity index (χ1v) is 8.28. The summed E-state index contributed by atoms with van der Waals surface area (Å²) in [6, 6.07) is 1.57. The Labute approximate surface area is 114 Å². The van der Waals surface area contributed by atoms with E-state index in [-0.39, 0.29) is 0 Å². The van der Waals surface area contributed by atoms with Crippen LogP contribution in [0, 0.1) is 5.92 Å². The van der Waals surface area contributed by atoms with Crippen LogP contribution in [0.5, 0.6) is 0 Å². The Kier molecular flexibility index (Phi) is 5.97. The number of piperazine rings is 1. The summed E-state index contributed by atoms with van der Waals surface area (Å²) >= 11 is 0. The molecule has 2 fully saturated rings. The van der Waals surface area contributed by atoms with Crippen LogP contribution in [-0.2, 0) is 0 Å². The maximum absolute atomic E-state index is 3.79. The SMILES string of the molecule is CCCCC(C)N1CCNC(C2CCCCC2)C1. The van der Waals surface area contributed by atoms with E-state index in [1.807, 2.05) is 0 Å². The first kappa shape index (κ1) is 14.3. The molecule has 0 bridgehead atoms. The van der Waals surface area contributed by atoms with Gasteiger partial charge in [0.2, 0.25) is 0 Å². The second-order valence-electron chi connectivity index (χ2n) is 6.44. The van der Waals surface area contributed by atoms with E-state index in [0.717, 1.165) is 18.0 Å². The summed E-state index contributed by atoms with van der Waals surface area (Å²) in [5.41, 5.74) is 0. The molecule has 106 valence electrons. The third-order valence-corrected chi connectivity index (χ3v) is 5.05. The Hall–Kier alpha value is -0.0800. The molecule has 0 radical (unpaired) electrons. The molecule has 18 heavy (non-hydrogen) atoms. The standard InChI is InChI=1S/C16H32N2/c1-3-4-8-14(2)18-12-11-17-16(13-18)15-9-6-5-7-10-15/h14-17H,3-13H2,1-2H3. The fraction of sp³-hybridized carbons (Fsp3) is 1.00. The first-order chi connectivity index (χ1) is 8.81. The van der Waals surface area contributed by atoms with Gasteiger partial charge in [0.25, 0.3) is 0 Å². The van der Waals surface area contributed by atoms with Crippen molar-refractivity contribution in [2.24, 2.45) is 5.92 Å². The number of nitrogens with one attached hydrogen (secondary N) is 1. The van der Waals surface area contributed by atoms with Crippen molar-refractivity contribution in [2.75, 3.05) is 19.6 Å². The summed E-state index contributed by atoms with van der Waals surface area (Å²) in [4.78, 5) is 2.74. The van der Waals surface area contributed by atoms with Crippen LogP contribution in [-0.4, -0.2) is 36.6 Å². The minimum absolute atomic E-state index is 0.781. The molecule has 1 heterocycles. The van der Waals surface area contributed by atoms with Gasteiger partial charge in [0.05, 0.1) is 0 Å². The zero-order valence-corrected chi connectivity index (χ0v) is 12.5. The van der Waals surface area contributed by atoms with Gasteiger partial charge in [-0.15, -0.1) is 0 Å². The van der Waals surface area contributed by atoms with Crippen LogP contribution in [0.2, 0.25) is 0 Å².